The van der Waals surface area contributed by atoms with Gasteiger partial charge in [0, 0.05) is 12.5 Å². The van der Waals surface area contributed by atoms with Gasteiger partial charge in [0.25, 0.3) is 0 Å². The lowest BCUT2D eigenvalue weighted by Crippen LogP contribution is -2.18. The highest BCUT2D eigenvalue weighted by Gasteiger charge is 2.16. The maximum absolute atomic E-state index is 5.78. The highest BCUT2D eigenvalue weighted by atomic mass is 16.5. The van der Waals surface area contributed by atoms with Gasteiger partial charge in [0.1, 0.15) is 11.9 Å². The molecule has 0 aromatic heterocycles. The monoisotopic (exact) mass is 221 g/mol. The summed E-state index contributed by atoms with van der Waals surface area (Å²) >= 11 is 0. The van der Waals surface area contributed by atoms with Gasteiger partial charge in [-0.15, -0.1) is 0 Å². The minimum atomic E-state index is 0.204. The van der Waals surface area contributed by atoms with Crippen LogP contribution in [0.2, 0.25) is 0 Å². The molecule has 88 valence electrons. The van der Waals surface area contributed by atoms with Crippen LogP contribution in [0.5, 0.6) is 5.75 Å². The minimum Gasteiger partial charge on any atom is -0.488 e. The van der Waals surface area contributed by atoms with Crippen molar-refractivity contribution in [3.05, 3.63) is 29.8 Å². The zero-order chi connectivity index (χ0) is 11.4. The Labute approximate surface area is 96.5 Å². The van der Waals surface area contributed by atoms with E-state index in [0.717, 1.165) is 25.2 Å². The van der Waals surface area contributed by atoms with Crippen molar-refractivity contribution >= 4 is 0 Å². The van der Waals surface area contributed by atoms with E-state index in [9.17, 15) is 0 Å². The van der Waals surface area contributed by atoms with Gasteiger partial charge in [0.2, 0.25) is 0 Å². The van der Waals surface area contributed by atoms with Crippen molar-refractivity contribution in [2.75, 3.05) is 13.2 Å². The summed E-state index contributed by atoms with van der Waals surface area (Å²) in [6, 6.07) is 8.38. The molecule has 16 heavy (non-hydrogen) atoms. The summed E-state index contributed by atoms with van der Waals surface area (Å²) in [6.45, 7) is 3.54. The summed E-state index contributed by atoms with van der Waals surface area (Å²) in [4.78, 5) is 0. The SMILES string of the molecule is CC(N)Cc1ccc(OC2CCOC2)cc1. The lowest BCUT2D eigenvalue weighted by atomic mass is 10.1. The molecule has 0 radical (unpaired) electrons. The van der Waals surface area contributed by atoms with Crippen LogP contribution < -0.4 is 10.5 Å². The Morgan fingerprint density at radius 3 is 2.75 bits per heavy atom. The van der Waals surface area contributed by atoms with Crippen molar-refractivity contribution in [3.63, 3.8) is 0 Å². The molecule has 3 nitrogen and oxygen atoms in total. The van der Waals surface area contributed by atoms with E-state index in [1.165, 1.54) is 5.56 Å². The van der Waals surface area contributed by atoms with E-state index in [1.807, 2.05) is 19.1 Å². The maximum atomic E-state index is 5.78. The Morgan fingerprint density at radius 2 is 2.19 bits per heavy atom. The largest absolute Gasteiger partial charge is 0.488 e. The molecule has 0 saturated carbocycles. The fraction of sp³-hybridized carbons (Fsp3) is 0.538. The highest BCUT2D eigenvalue weighted by molar-refractivity contribution is 5.28. The van der Waals surface area contributed by atoms with Crippen molar-refractivity contribution in [3.8, 4) is 5.75 Å². The number of ether oxygens (including phenoxy) is 2. The first kappa shape index (κ1) is 11.4. The smallest absolute Gasteiger partial charge is 0.124 e. The summed E-state index contributed by atoms with van der Waals surface area (Å²) in [5.74, 6) is 0.920. The van der Waals surface area contributed by atoms with Gasteiger partial charge in [-0.2, -0.15) is 0 Å². The second kappa shape index (κ2) is 5.32. The van der Waals surface area contributed by atoms with Crippen molar-refractivity contribution in [1.82, 2.24) is 0 Å². The first-order chi connectivity index (χ1) is 7.74. The topological polar surface area (TPSA) is 44.5 Å². The minimum absolute atomic E-state index is 0.204. The molecule has 0 spiro atoms. The quantitative estimate of drug-likeness (QED) is 0.842. The first-order valence-electron chi connectivity index (χ1n) is 5.83. The molecule has 0 aliphatic carbocycles. The molecule has 1 heterocycles. The van der Waals surface area contributed by atoms with Crippen LogP contribution in [0.3, 0.4) is 0 Å². The molecule has 1 aromatic carbocycles. The van der Waals surface area contributed by atoms with E-state index < -0.39 is 0 Å². The number of hydrogen-bond acceptors (Lipinski definition) is 3. The summed E-state index contributed by atoms with van der Waals surface area (Å²) in [7, 11) is 0. The van der Waals surface area contributed by atoms with E-state index in [2.05, 4.69) is 12.1 Å². The Balaban J connectivity index is 1.90. The fourth-order valence-corrected chi connectivity index (χ4v) is 1.87. The van der Waals surface area contributed by atoms with Gasteiger partial charge in [0.15, 0.2) is 0 Å². The van der Waals surface area contributed by atoms with Crippen LogP contribution in [0.15, 0.2) is 24.3 Å². The van der Waals surface area contributed by atoms with Gasteiger partial charge < -0.3 is 15.2 Å². The molecular formula is C13H19NO2. The predicted molar refractivity (Wildman–Crippen MR) is 63.6 cm³/mol. The number of rotatable bonds is 4. The standard InChI is InChI=1S/C13H19NO2/c1-10(14)8-11-2-4-12(5-3-11)16-13-6-7-15-9-13/h2-5,10,13H,6-9,14H2,1H3. The van der Waals surface area contributed by atoms with E-state index in [0.29, 0.717) is 6.61 Å². The van der Waals surface area contributed by atoms with E-state index in [-0.39, 0.29) is 12.1 Å². The van der Waals surface area contributed by atoms with Crippen molar-refractivity contribution in [2.24, 2.45) is 5.73 Å². The molecule has 0 bridgehead atoms. The summed E-state index contributed by atoms with van der Waals surface area (Å²) in [5, 5.41) is 0. The van der Waals surface area contributed by atoms with Gasteiger partial charge in [-0.05, 0) is 31.0 Å². The normalized spacial score (nSPS) is 22.0. The molecule has 3 heteroatoms. The second-order valence-corrected chi connectivity index (χ2v) is 4.43. The van der Waals surface area contributed by atoms with Crippen LogP contribution in [0.1, 0.15) is 18.9 Å². The molecule has 2 atom stereocenters. The third-order valence-electron chi connectivity index (χ3n) is 2.67. The van der Waals surface area contributed by atoms with E-state index in [1.54, 1.807) is 0 Å². The Kier molecular flexibility index (Phi) is 3.80. The molecule has 1 aliphatic heterocycles. The van der Waals surface area contributed by atoms with Crippen LogP contribution in [-0.2, 0) is 11.2 Å². The molecule has 2 rings (SSSR count). The third kappa shape index (κ3) is 3.22. The molecule has 2 unspecified atom stereocenters. The summed E-state index contributed by atoms with van der Waals surface area (Å²) in [5.41, 5.74) is 7.00. The van der Waals surface area contributed by atoms with Crippen LogP contribution >= 0.6 is 0 Å². The number of nitrogens with two attached hydrogens (primary N) is 1. The van der Waals surface area contributed by atoms with Gasteiger partial charge in [-0.3, -0.25) is 0 Å². The number of hydrogen-bond donors (Lipinski definition) is 1. The van der Waals surface area contributed by atoms with Crippen molar-refractivity contribution in [1.29, 1.82) is 0 Å². The number of benzene rings is 1. The maximum Gasteiger partial charge on any atom is 0.124 e. The molecule has 1 saturated heterocycles. The fourth-order valence-electron chi connectivity index (χ4n) is 1.87. The predicted octanol–water partition coefficient (Wildman–Crippen LogP) is 1.74. The van der Waals surface area contributed by atoms with Crippen LogP contribution in [-0.4, -0.2) is 25.4 Å². The molecule has 1 aromatic rings. The van der Waals surface area contributed by atoms with Crippen LogP contribution in [0, 0.1) is 0 Å². The zero-order valence-electron chi connectivity index (χ0n) is 9.69. The molecule has 0 amide bonds. The van der Waals surface area contributed by atoms with E-state index >= 15 is 0 Å². The molecule has 1 fully saturated rings. The second-order valence-electron chi connectivity index (χ2n) is 4.43. The lowest BCUT2D eigenvalue weighted by molar-refractivity contribution is 0.141. The Bertz CT molecular complexity index is 315. The molecular weight excluding hydrogens is 202 g/mol. The first-order valence-corrected chi connectivity index (χ1v) is 5.83. The third-order valence-corrected chi connectivity index (χ3v) is 2.67. The van der Waals surface area contributed by atoms with Crippen LogP contribution in [0.25, 0.3) is 0 Å². The summed E-state index contributed by atoms with van der Waals surface area (Å²) in [6.07, 6.45) is 2.12. The van der Waals surface area contributed by atoms with Gasteiger partial charge >= 0.3 is 0 Å². The highest BCUT2D eigenvalue weighted by Crippen LogP contribution is 2.18. The van der Waals surface area contributed by atoms with Crippen molar-refractivity contribution in [2.45, 2.75) is 31.9 Å². The van der Waals surface area contributed by atoms with Gasteiger partial charge in [0.05, 0.1) is 13.2 Å². The van der Waals surface area contributed by atoms with E-state index in [4.69, 9.17) is 15.2 Å². The zero-order valence-corrected chi connectivity index (χ0v) is 9.69. The average Bonchev–Trinajstić information content (AvgIpc) is 2.73. The Hall–Kier alpha value is -1.06. The summed E-state index contributed by atoms with van der Waals surface area (Å²) < 4.78 is 11.0. The van der Waals surface area contributed by atoms with Crippen molar-refractivity contribution < 1.29 is 9.47 Å². The van der Waals surface area contributed by atoms with Gasteiger partial charge in [-0.1, -0.05) is 12.1 Å². The van der Waals surface area contributed by atoms with Crippen LogP contribution in [0.4, 0.5) is 0 Å². The van der Waals surface area contributed by atoms with Gasteiger partial charge in [-0.25, -0.2) is 0 Å². The Morgan fingerprint density at radius 1 is 1.44 bits per heavy atom. The molecule has 1 aliphatic rings. The average molecular weight is 221 g/mol. The molecule has 2 N–H and O–H groups in total. The lowest BCUT2D eigenvalue weighted by Gasteiger charge is -2.12.